The van der Waals surface area contributed by atoms with Gasteiger partial charge in [0.05, 0.1) is 21.8 Å². The van der Waals surface area contributed by atoms with Crippen LogP contribution in [0.5, 0.6) is 0 Å². The highest BCUT2D eigenvalue weighted by molar-refractivity contribution is 7.13. The third-order valence-electron chi connectivity index (χ3n) is 4.27. The van der Waals surface area contributed by atoms with Gasteiger partial charge < -0.3 is 11.1 Å². The van der Waals surface area contributed by atoms with Crippen LogP contribution in [0.15, 0.2) is 30.7 Å². The Bertz CT molecular complexity index is 1190. The van der Waals surface area contributed by atoms with Crippen LogP contribution in [0, 0.1) is 0 Å². The number of Topliss-reactive ketones (excluding diaryl/α,β-unsaturated/α-hetero) is 1. The van der Waals surface area contributed by atoms with Crippen molar-refractivity contribution in [2.45, 2.75) is 25.4 Å². The minimum absolute atomic E-state index is 0.000258. The zero-order chi connectivity index (χ0) is 23.6. The molecule has 3 rings (SSSR count). The summed E-state index contributed by atoms with van der Waals surface area (Å²) >= 11 is 12.7. The van der Waals surface area contributed by atoms with Crippen LogP contribution >= 0.6 is 34.5 Å². The van der Waals surface area contributed by atoms with Crippen LogP contribution in [0.4, 0.5) is 24.7 Å². The first-order valence-electron chi connectivity index (χ1n) is 8.90. The molecule has 0 fully saturated rings. The molecule has 1 amide bonds. The molecule has 0 aliphatic heterocycles. The SMILES string of the molecule is CC(CC(=O)c1ncnc(N)c1Cl)c1ncc(C(=O)Nc2ccc(C(F)(F)F)c(Cl)c2)s1. The zero-order valence-electron chi connectivity index (χ0n) is 16.2. The molecule has 0 radical (unpaired) electrons. The van der Waals surface area contributed by atoms with Gasteiger partial charge in [0.1, 0.15) is 27.7 Å². The highest BCUT2D eigenvalue weighted by atomic mass is 35.5. The van der Waals surface area contributed by atoms with E-state index in [0.717, 1.165) is 35.9 Å². The standard InChI is InChI=1S/C19H14Cl2F3N5O2S/c1-8(4-12(30)15-14(21)16(25)28-7-27-15)18-26-6-13(32-18)17(31)29-9-2-3-10(11(20)5-9)19(22,23)24/h2-3,5-8H,4H2,1H3,(H,29,31)(H2,25,27,28). The normalized spacial score (nSPS) is 12.4. The molecule has 3 N–H and O–H groups in total. The number of amides is 1. The maximum Gasteiger partial charge on any atom is 0.417 e. The third kappa shape index (κ3) is 5.34. The van der Waals surface area contributed by atoms with Gasteiger partial charge >= 0.3 is 6.18 Å². The van der Waals surface area contributed by atoms with Crippen molar-refractivity contribution >= 4 is 57.7 Å². The number of nitrogens with zero attached hydrogens (tertiary/aromatic N) is 3. The third-order valence-corrected chi connectivity index (χ3v) is 6.19. The molecule has 168 valence electrons. The zero-order valence-corrected chi connectivity index (χ0v) is 18.5. The average Bonchev–Trinajstić information content (AvgIpc) is 3.19. The Morgan fingerprint density at radius 3 is 2.59 bits per heavy atom. The summed E-state index contributed by atoms with van der Waals surface area (Å²) in [5.74, 6) is -1.30. The molecule has 1 atom stereocenters. The second-order valence-corrected chi connectivity index (χ2v) is 8.51. The molecule has 13 heteroatoms. The van der Waals surface area contributed by atoms with Gasteiger partial charge in [-0.15, -0.1) is 11.3 Å². The summed E-state index contributed by atoms with van der Waals surface area (Å²) in [6, 6.07) is 2.91. The van der Waals surface area contributed by atoms with Crippen molar-refractivity contribution in [1.29, 1.82) is 0 Å². The average molecular weight is 504 g/mol. The van der Waals surface area contributed by atoms with Crippen LogP contribution in [0.2, 0.25) is 10.0 Å². The first-order valence-corrected chi connectivity index (χ1v) is 10.5. The van der Waals surface area contributed by atoms with Gasteiger partial charge in [-0.2, -0.15) is 13.2 Å². The Labute approximate surface area is 193 Å². The second-order valence-electron chi connectivity index (χ2n) is 6.66. The fraction of sp³-hybridized carbons (Fsp3) is 0.211. The number of benzene rings is 1. The number of nitrogens with two attached hydrogens (primary N) is 1. The van der Waals surface area contributed by atoms with E-state index < -0.39 is 22.7 Å². The first-order chi connectivity index (χ1) is 15.0. The molecule has 0 aliphatic carbocycles. The maximum atomic E-state index is 12.8. The highest BCUT2D eigenvalue weighted by Crippen LogP contribution is 2.36. The van der Waals surface area contributed by atoms with E-state index >= 15 is 0 Å². The van der Waals surface area contributed by atoms with Gasteiger partial charge in [-0.25, -0.2) is 15.0 Å². The van der Waals surface area contributed by atoms with E-state index in [9.17, 15) is 22.8 Å². The summed E-state index contributed by atoms with van der Waals surface area (Å²) in [5, 5.41) is 2.42. The molecule has 1 aromatic carbocycles. The molecule has 0 aliphatic rings. The van der Waals surface area contributed by atoms with Crippen LogP contribution in [0.1, 0.15) is 50.0 Å². The van der Waals surface area contributed by atoms with Crippen LogP contribution in [0.3, 0.4) is 0 Å². The van der Waals surface area contributed by atoms with Crippen LogP contribution < -0.4 is 11.1 Å². The van der Waals surface area contributed by atoms with Gasteiger partial charge in [-0.05, 0) is 18.2 Å². The summed E-state index contributed by atoms with van der Waals surface area (Å²) in [6.45, 7) is 1.74. The molecule has 0 saturated heterocycles. The second kappa shape index (κ2) is 9.39. The monoisotopic (exact) mass is 503 g/mol. The Hall–Kier alpha value is -2.76. The van der Waals surface area contributed by atoms with Crippen molar-refractivity contribution in [3.05, 3.63) is 61.9 Å². The number of nitrogens with one attached hydrogen (secondary N) is 1. The van der Waals surface area contributed by atoms with Gasteiger partial charge in [0.2, 0.25) is 0 Å². The summed E-state index contributed by atoms with van der Waals surface area (Å²) < 4.78 is 38.4. The van der Waals surface area contributed by atoms with E-state index in [4.69, 9.17) is 28.9 Å². The van der Waals surface area contributed by atoms with E-state index in [-0.39, 0.29) is 45.2 Å². The summed E-state index contributed by atoms with van der Waals surface area (Å²) in [5.41, 5.74) is 4.69. The van der Waals surface area contributed by atoms with E-state index in [1.165, 1.54) is 6.20 Å². The quantitative estimate of drug-likeness (QED) is 0.431. The summed E-state index contributed by atoms with van der Waals surface area (Å²) in [4.78, 5) is 36.9. The van der Waals surface area contributed by atoms with Gasteiger partial charge in [0.25, 0.3) is 5.91 Å². The number of hydrogen-bond donors (Lipinski definition) is 2. The highest BCUT2D eigenvalue weighted by Gasteiger charge is 2.33. The Morgan fingerprint density at radius 1 is 1.22 bits per heavy atom. The summed E-state index contributed by atoms with van der Waals surface area (Å²) in [7, 11) is 0. The Balaban J connectivity index is 1.68. The minimum Gasteiger partial charge on any atom is -0.382 e. The van der Waals surface area contributed by atoms with Gasteiger partial charge in [-0.3, -0.25) is 9.59 Å². The molecule has 32 heavy (non-hydrogen) atoms. The van der Waals surface area contributed by atoms with Crippen molar-refractivity contribution < 1.29 is 22.8 Å². The molecule has 0 saturated carbocycles. The molecule has 3 aromatic rings. The number of aromatic nitrogens is 3. The maximum absolute atomic E-state index is 12.8. The molecular weight excluding hydrogens is 490 g/mol. The van der Waals surface area contributed by atoms with E-state index in [0.29, 0.717) is 5.01 Å². The molecule has 2 aromatic heterocycles. The number of alkyl halides is 3. The minimum atomic E-state index is -4.60. The van der Waals surface area contributed by atoms with Crippen LogP contribution in [0.25, 0.3) is 0 Å². The van der Waals surface area contributed by atoms with Gasteiger partial charge in [0.15, 0.2) is 5.78 Å². The van der Waals surface area contributed by atoms with E-state index in [2.05, 4.69) is 20.3 Å². The largest absolute Gasteiger partial charge is 0.417 e. The lowest BCUT2D eigenvalue weighted by molar-refractivity contribution is -0.137. The predicted molar refractivity (Wildman–Crippen MR) is 115 cm³/mol. The Kier molecular flexibility index (Phi) is 7.01. The molecular formula is C19H14Cl2F3N5O2S. The van der Waals surface area contributed by atoms with Crippen molar-refractivity contribution in [1.82, 2.24) is 15.0 Å². The van der Waals surface area contributed by atoms with Crippen molar-refractivity contribution in [2.75, 3.05) is 11.1 Å². The molecule has 0 spiro atoms. The first kappa shape index (κ1) is 23.9. The lowest BCUT2D eigenvalue weighted by atomic mass is 10.0. The number of carbonyl (C=O) groups is 2. The number of anilines is 2. The fourth-order valence-corrected chi connectivity index (χ4v) is 4.03. The molecule has 1 unspecified atom stereocenters. The lowest BCUT2D eigenvalue weighted by Crippen LogP contribution is -2.11. The molecule has 2 heterocycles. The number of hydrogen-bond acceptors (Lipinski definition) is 7. The van der Waals surface area contributed by atoms with E-state index in [1.54, 1.807) is 6.92 Å². The topological polar surface area (TPSA) is 111 Å². The van der Waals surface area contributed by atoms with Crippen molar-refractivity contribution in [3.63, 3.8) is 0 Å². The number of rotatable bonds is 6. The molecule has 0 bridgehead atoms. The van der Waals surface area contributed by atoms with Gasteiger partial charge in [0, 0.05) is 18.0 Å². The van der Waals surface area contributed by atoms with Gasteiger partial charge in [-0.1, -0.05) is 30.1 Å². The fourth-order valence-electron chi connectivity index (χ4n) is 2.68. The number of carbonyl (C=O) groups excluding carboxylic acids is 2. The smallest absolute Gasteiger partial charge is 0.382 e. The van der Waals surface area contributed by atoms with Crippen LogP contribution in [-0.4, -0.2) is 26.6 Å². The number of halogens is 5. The Morgan fingerprint density at radius 2 is 1.94 bits per heavy atom. The van der Waals surface area contributed by atoms with Crippen LogP contribution in [-0.2, 0) is 6.18 Å². The van der Waals surface area contributed by atoms with Crippen molar-refractivity contribution in [2.24, 2.45) is 0 Å². The molecule has 7 nitrogen and oxygen atoms in total. The number of nitrogen functional groups attached to an aromatic ring is 1. The van der Waals surface area contributed by atoms with Crippen molar-refractivity contribution in [3.8, 4) is 0 Å². The summed E-state index contributed by atoms with van der Waals surface area (Å²) in [6.07, 6.45) is -2.13. The van der Waals surface area contributed by atoms with E-state index in [1.807, 2.05) is 0 Å². The lowest BCUT2D eigenvalue weighted by Gasteiger charge is -2.10. The number of ketones is 1. The number of thiazole rings is 1. The predicted octanol–water partition coefficient (Wildman–Crippen LogP) is 5.47.